The van der Waals surface area contributed by atoms with Crippen LogP contribution in [0.15, 0.2) is 29.1 Å². The van der Waals surface area contributed by atoms with Crippen LogP contribution in [-0.4, -0.2) is 38.2 Å². The Labute approximate surface area is 153 Å². The number of pyridine rings is 1. The minimum atomic E-state index is -0.0885. The van der Waals surface area contributed by atoms with Gasteiger partial charge in [-0.05, 0) is 24.5 Å². The first-order chi connectivity index (χ1) is 12.2. The number of likely N-dealkylation sites (tertiary alicyclic amines) is 1. The summed E-state index contributed by atoms with van der Waals surface area (Å²) in [6.45, 7) is 8.37. The number of carbonyl (C=O) groups is 1. The highest BCUT2D eigenvalue weighted by Gasteiger charge is 2.37. The van der Waals surface area contributed by atoms with Crippen molar-refractivity contribution in [1.82, 2.24) is 19.2 Å². The average Bonchev–Trinajstić information content (AvgIpc) is 2.97. The summed E-state index contributed by atoms with van der Waals surface area (Å²) in [6, 6.07) is 7.40. The van der Waals surface area contributed by atoms with Gasteiger partial charge in [-0.1, -0.05) is 26.8 Å². The number of nitrogens with zero attached hydrogens (tertiary/aromatic N) is 4. The van der Waals surface area contributed by atoms with Crippen LogP contribution in [0.2, 0.25) is 0 Å². The van der Waals surface area contributed by atoms with Crippen LogP contribution >= 0.6 is 0 Å². The van der Waals surface area contributed by atoms with Crippen LogP contribution in [0.3, 0.4) is 0 Å². The van der Waals surface area contributed by atoms with Crippen LogP contribution in [0.1, 0.15) is 55.0 Å². The van der Waals surface area contributed by atoms with Gasteiger partial charge in [-0.3, -0.25) is 14.3 Å². The van der Waals surface area contributed by atoms with Crippen LogP contribution in [0.4, 0.5) is 0 Å². The molecule has 0 aliphatic carbocycles. The fourth-order valence-electron chi connectivity index (χ4n) is 4.26. The van der Waals surface area contributed by atoms with Gasteiger partial charge in [-0.25, -0.2) is 0 Å². The van der Waals surface area contributed by atoms with Gasteiger partial charge in [-0.15, -0.1) is 0 Å². The molecule has 2 bridgehead atoms. The van der Waals surface area contributed by atoms with Crippen LogP contribution in [0, 0.1) is 5.92 Å². The first kappa shape index (κ1) is 17.1. The third kappa shape index (κ3) is 2.77. The van der Waals surface area contributed by atoms with Crippen molar-refractivity contribution in [2.24, 2.45) is 13.0 Å². The minimum absolute atomic E-state index is 0.0388. The van der Waals surface area contributed by atoms with E-state index >= 15 is 0 Å². The molecule has 138 valence electrons. The molecule has 2 aliphatic heterocycles. The second-order valence-corrected chi connectivity index (χ2v) is 8.70. The molecule has 4 heterocycles. The van der Waals surface area contributed by atoms with E-state index in [1.165, 1.54) is 0 Å². The molecule has 2 atom stereocenters. The summed E-state index contributed by atoms with van der Waals surface area (Å²) in [5.74, 6) is 0.605. The molecule has 0 N–H and O–H groups in total. The molecule has 0 aromatic carbocycles. The molecule has 4 rings (SSSR count). The quantitative estimate of drug-likeness (QED) is 0.788. The number of piperidine rings is 1. The molecule has 1 fully saturated rings. The van der Waals surface area contributed by atoms with Crippen molar-refractivity contribution >= 4 is 5.91 Å². The molecule has 6 nitrogen and oxygen atoms in total. The zero-order valence-electron chi connectivity index (χ0n) is 15.9. The first-order valence-electron chi connectivity index (χ1n) is 9.27. The number of carbonyl (C=O) groups excluding carboxylic acids is 1. The van der Waals surface area contributed by atoms with Gasteiger partial charge < -0.3 is 9.47 Å². The molecule has 6 heteroatoms. The van der Waals surface area contributed by atoms with E-state index in [0.717, 1.165) is 17.8 Å². The highest BCUT2D eigenvalue weighted by molar-refractivity contribution is 5.93. The Morgan fingerprint density at radius 2 is 1.96 bits per heavy atom. The number of aromatic nitrogens is 3. The first-order valence-corrected chi connectivity index (χ1v) is 9.27. The lowest BCUT2D eigenvalue weighted by atomic mass is 9.83. The van der Waals surface area contributed by atoms with Gasteiger partial charge in [0.1, 0.15) is 5.69 Å². The Balaban J connectivity index is 1.62. The molecule has 0 radical (unpaired) electrons. The lowest BCUT2D eigenvalue weighted by molar-refractivity contribution is 0.0584. The summed E-state index contributed by atoms with van der Waals surface area (Å²) in [5, 5.41) is 4.54. The normalized spacial score (nSPS) is 22.2. The van der Waals surface area contributed by atoms with E-state index in [1.54, 1.807) is 10.7 Å². The Hall–Kier alpha value is -2.37. The molecule has 26 heavy (non-hydrogen) atoms. The van der Waals surface area contributed by atoms with Gasteiger partial charge >= 0.3 is 0 Å². The van der Waals surface area contributed by atoms with Gasteiger partial charge in [0.15, 0.2) is 0 Å². The molecule has 0 spiro atoms. The third-order valence-corrected chi connectivity index (χ3v) is 5.63. The Morgan fingerprint density at radius 1 is 1.19 bits per heavy atom. The predicted molar refractivity (Wildman–Crippen MR) is 99.4 cm³/mol. The third-order valence-electron chi connectivity index (χ3n) is 5.63. The molecule has 0 saturated carbocycles. The predicted octanol–water partition coefficient (Wildman–Crippen LogP) is 2.14. The van der Waals surface area contributed by atoms with Crippen molar-refractivity contribution < 1.29 is 4.79 Å². The second kappa shape index (κ2) is 5.83. The number of fused-ring (bicyclic) bond motifs is 4. The Morgan fingerprint density at radius 3 is 2.65 bits per heavy atom. The molecule has 1 saturated heterocycles. The monoisotopic (exact) mass is 354 g/mol. The molecule has 1 amide bonds. The molecule has 2 aromatic heterocycles. The Bertz CT molecular complexity index is 919. The highest BCUT2D eigenvalue weighted by Crippen LogP contribution is 2.35. The lowest BCUT2D eigenvalue weighted by Crippen LogP contribution is -2.49. The fourth-order valence-corrected chi connectivity index (χ4v) is 4.26. The zero-order valence-corrected chi connectivity index (χ0v) is 15.9. The zero-order chi connectivity index (χ0) is 18.6. The summed E-state index contributed by atoms with van der Waals surface area (Å²) in [7, 11) is 1.84. The lowest BCUT2D eigenvalue weighted by Gasteiger charge is -2.42. The second-order valence-electron chi connectivity index (χ2n) is 8.70. The summed E-state index contributed by atoms with van der Waals surface area (Å²) in [4.78, 5) is 27.3. The van der Waals surface area contributed by atoms with E-state index in [0.29, 0.717) is 31.2 Å². The van der Waals surface area contributed by atoms with Crippen molar-refractivity contribution in [3.63, 3.8) is 0 Å². The van der Waals surface area contributed by atoms with Crippen LogP contribution < -0.4 is 5.56 Å². The maximum absolute atomic E-state index is 13.2. The molecular weight excluding hydrogens is 328 g/mol. The average molecular weight is 354 g/mol. The van der Waals surface area contributed by atoms with Gasteiger partial charge in [0.2, 0.25) is 0 Å². The van der Waals surface area contributed by atoms with Gasteiger partial charge in [0.25, 0.3) is 11.5 Å². The number of aryl methyl sites for hydroxylation is 1. The molecule has 0 unspecified atom stereocenters. The topological polar surface area (TPSA) is 60.1 Å². The van der Waals surface area contributed by atoms with Crippen molar-refractivity contribution in [3.8, 4) is 0 Å². The van der Waals surface area contributed by atoms with Gasteiger partial charge in [-0.2, -0.15) is 5.10 Å². The number of hydrogen-bond donors (Lipinski definition) is 0. The van der Waals surface area contributed by atoms with Crippen molar-refractivity contribution in [1.29, 1.82) is 0 Å². The summed E-state index contributed by atoms with van der Waals surface area (Å²) in [5.41, 5.74) is 2.61. The van der Waals surface area contributed by atoms with Gasteiger partial charge in [0.05, 0.1) is 5.69 Å². The van der Waals surface area contributed by atoms with E-state index in [4.69, 9.17) is 0 Å². The maximum atomic E-state index is 13.2. The van der Waals surface area contributed by atoms with Crippen molar-refractivity contribution in [2.45, 2.75) is 45.1 Å². The van der Waals surface area contributed by atoms with E-state index < -0.39 is 0 Å². The highest BCUT2D eigenvalue weighted by atomic mass is 16.2. The summed E-state index contributed by atoms with van der Waals surface area (Å²) in [6.07, 6.45) is 1.05. The van der Waals surface area contributed by atoms with Crippen LogP contribution in [0.25, 0.3) is 0 Å². The SMILES string of the molecule is Cn1nc(C(C)(C)C)cc1C(=O)N1C[C@@H]2C[C@H](C1)c1cccc(=O)n1C2. The summed E-state index contributed by atoms with van der Waals surface area (Å²) < 4.78 is 3.59. The van der Waals surface area contributed by atoms with E-state index in [9.17, 15) is 9.59 Å². The Kier molecular flexibility index (Phi) is 3.82. The fraction of sp³-hybridized carbons (Fsp3) is 0.550. The van der Waals surface area contributed by atoms with E-state index in [2.05, 4.69) is 25.9 Å². The molecule has 2 aliphatic rings. The van der Waals surface area contributed by atoms with Crippen molar-refractivity contribution in [3.05, 3.63) is 51.7 Å². The molecular formula is C20H26N4O2. The van der Waals surface area contributed by atoms with Gasteiger partial charge in [0, 0.05) is 49.8 Å². The minimum Gasteiger partial charge on any atom is -0.336 e. The number of rotatable bonds is 1. The van der Waals surface area contributed by atoms with Crippen LogP contribution in [0.5, 0.6) is 0 Å². The standard InChI is InChI=1S/C20H26N4O2/c1-20(2,3)17-9-16(22(4)21-17)19(26)23-10-13-8-14(12-23)15-6-5-7-18(25)24(15)11-13/h5-7,9,13-14H,8,10-12H2,1-4H3/t13-,14+/m0/s1. The number of hydrogen-bond acceptors (Lipinski definition) is 3. The van der Waals surface area contributed by atoms with Crippen molar-refractivity contribution in [2.75, 3.05) is 13.1 Å². The maximum Gasteiger partial charge on any atom is 0.272 e. The smallest absolute Gasteiger partial charge is 0.272 e. The van der Waals surface area contributed by atoms with Crippen LogP contribution in [-0.2, 0) is 19.0 Å². The number of amides is 1. The summed E-state index contributed by atoms with van der Waals surface area (Å²) >= 11 is 0. The van der Waals surface area contributed by atoms with E-state index in [-0.39, 0.29) is 22.8 Å². The van der Waals surface area contributed by atoms with E-state index in [1.807, 2.05) is 34.7 Å². The largest absolute Gasteiger partial charge is 0.336 e. The molecule has 2 aromatic rings.